The second-order valence-corrected chi connectivity index (χ2v) is 7.28. The second-order valence-electron chi connectivity index (χ2n) is 6.43. The summed E-state index contributed by atoms with van der Waals surface area (Å²) in [5.74, 6) is 0.938. The fourth-order valence-electron chi connectivity index (χ4n) is 3.35. The molecule has 0 unspecified atom stereocenters. The first-order chi connectivity index (χ1) is 12.1. The van der Waals surface area contributed by atoms with Crippen LogP contribution < -0.4 is 5.32 Å². The Morgan fingerprint density at radius 2 is 2.28 bits per heavy atom. The van der Waals surface area contributed by atoms with Gasteiger partial charge in [-0.25, -0.2) is 9.97 Å². The van der Waals surface area contributed by atoms with Gasteiger partial charge in [-0.2, -0.15) is 0 Å². The number of nitrogens with one attached hydrogen (secondary N) is 1. The number of carbonyl (C=O) groups is 1. The molecule has 1 saturated heterocycles. The number of aryl methyl sites for hydroxylation is 1. The van der Waals surface area contributed by atoms with Crippen LogP contribution in [0.3, 0.4) is 0 Å². The molecule has 3 heterocycles. The molecule has 0 saturated carbocycles. The van der Waals surface area contributed by atoms with E-state index in [1.54, 1.807) is 11.3 Å². The van der Waals surface area contributed by atoms with Gasteiger partial charge in [0.25, 0.3) is 0 Å². The van der Waals surface area contributed by atoms with E-state index in [-0.39, 0.29) is 11.9 Å². The molecule has 1 N–H and O–H groups in total. The zero-order valence-corrected chi connectivity index (χ0v) is 15.2. The number of imidazole rings is 1. The summed E-state index contributed by atoms with van der Waals surface area (Å²) in [6.07, 6.45) is 1.01. The van der Waals surface area contributed by atoms with Crippen molar-refractivity contribution in [3.63, 3.8) is 0 Å². The topological polar surface area (TPSA) is 63.1 Å². The highest BCUT2D eigenvalue weighted by Gasteiger charge is 2.25. The third-order valence-electron chi connectivity index (χ3n) is 4.87. The average Bonchev–Trinajstić information content (AvgIpc) is 3.34. The highest BCUT2D eigenvalue weighted by molar-refractivity contribution is 7.13. The predicted molar refractivity (Wildman–Crippen MR) is 99.6 cm³/mol. The molecule has 1 atom stereocenters. The number of aromatic nitrogens is 3. The van der Waals surface area contributed by atoms with Crippen molar-refractivity contribution < 1.29 is 4.79 Å². The molecule has 4 rings (SSSR count). The largest absolute Gasteiger partial charge is 0.340 e. The van der Waals surface area contributed by atoms with Gasteiger partial charge in [-0.3, -0.25) is 4.79 Å². The van der Waals surface area contributed by atoms with E-state index in [4.69, 9.17) is 4.98 Å². The highest BCUT2D eigenvalue weighted by Crippen LogP contribution is 2.30. The van der Waals surface area contributed by atoms with Gasteiger partial charge < -0.3 is 14.8 Å². The molecule has 3 aromatic rings. The molecule has 2 aromatic heterocycles. The van der Waals surface area contributed by atoms with Crippen LogP contribution in [0, 0.1) is 6.92 Å². The number of fused-ring (bicyclic) bond motifs is 1. The predicted octanol–water partition coefficient (Wildman–Crippen LogP) is 2.29. The molecule has 1 aromatic carbocycles. The molecule has 6 nitrogen and oxygen atoms in total. The van der Waals surface area contributed by atoms with Gasteiger partial charge in [0.05, 0.1) is 27.1 Å². The van der Waals surface area contributed by atoms with Gasteiger partial charge in [0.15, 0.2) is 5.82 Å². The Hall–Kier alpha value is -2.25. The van der Waals surface area contributed by atoms with Crippen LogP contribution >= 0.6 is 11.3 Å². The molecule has 0 radical (unpaired) electrons. The van der Waals surface area contributed by atoms with Crippen LogP contribution in [0.2, 0.25) is 0 Å². The number of amides is 1. The number of hydrogen-bond acceptors (Lipinski definition) is 5. The maximum Gasteiger partial charge on any atom is 0.242 e. The molecule has 25 heavy (non-hydrogen) atoms. The van der Waals surface area contributed by atoms with Crippen LogP contribution in [0.5, 0.6) is 0 Å². The lowest BCUT2D eigenvalue weighted by atomic mass is 10.2. The standard InChI is InChI=1S/C18H21N5OS/c1-12-17(25-11-20-12)18-21-14-5-3-4-6-15(14)23(18)10-16(24)22(2)13-7-8-19-9-13/h3-6,11,13,19H,7-10H2,1-2H3/t13-/m0/s1. The smallest absolute Gasteiger partial charge is 0.242 e. The number of para-hydroxylation sites is 2. The number of hydrogen-bond donors (Lipinski definition) is 1. The van der Waals surface area contributed by atoms with Gasteiger partial charge in [0.1, 0.15) is 6.54 Å². The number of thiazole rings is 1. The quantitative estimate of drug-likeness (QED) is 0.780. The average molecular weight is 355 g/mol. The summed E-state index contributed by atoms with van der Waals surface area (Å²) in [7, 11) is 1.90. The minimum absolute atomic E-state index is 0.111. The van der Waals surface area contributed by atoms with Crippen molar-refractivity contribution >= 4 is 28.3 Å². The van der Waals surface area contributed by atoms with E-state index in [2.05, 4.69) is 10.3 Å². The van der Waals surface area contributed by atoms with Crippen LogP contribution in [0.15, 0.2) is 29.8 Å². The molecule has 1 aliphatic heterocycles. The summed E-state index contributed by atoms with van der Waals surface area (Å²) >= 11 is 1.56. The summed E-state index contributed by atoms with van der Waals surface area (Å²) in [5, 5.41) is 3.32. The van der Waals surface area contributed by atoms with Crippen LogP contribution in [0.1, 0.15) is 12.1 Å². The molecule has 1 aliphatic rings. The van der Waals surface area contributed by atoms with E-state index < -0.39 is 0 Å². The fraction of sp³-hybridized carbons (Fsp3) is 0.389. The lowest BCUT2D eigenvalue weighted by molar-refractivity contribution is -0.132. The van der Waals surface area contributed by atoms with Crippen molar-refractivity contribution in [3.8, 4) is 10.7 Å². The molecule has 0 bridgehead atoms. The first-order valence-corrected chi connectivity index (χ1v) is 9.35. The Kier molecular flexibility index (Phi) is 4.27. The lowest BCUT2D eigenvalue weighted by Gasteiger charge is -2.24. The normalized spacial score (nSPS) is 17.3. The lowest BCUT2D eigenvalue weighted by Crippen LogP contribution is -2.40. The molecule has 0 spiro atoms. The molecule has 1 fully saturated rings. The third kappa shape index (κ3) is 2.94. The fourth-order valence-corrected chi connectivity index (χ4v) is 4.15. The molecular formula is C18H21N5OS. The second kappa shape index (κ2) is 6.57. The van der Waals surface area contributed by atoms with E-state index >= 15 is 0 Å². The van der Waals surface area contributed by atoms with Gasteiger partial charge in [-0.05, 0) is 32.0 Å². The number of benzene rings is 1. The number of rotatable bonds is 4. The zero-order valence-electron chi connectivity index (χ0n) is 14.4. The summed E-state index contributed by atoms with van der Waals surface area (Å²) in [5.41, 5.74) is 4.66. The van der Waals surface area contributed by atoms with Crippen molar-refractivity contribution in [2.24, 2.45) is 0 Å². The maximum atomic E-state index is 12.9. The van der Waals surface area contributed by atoms with Gasteiger partial charge in [0, 0.05) is 19.6 Å². The van der Waals surface area contributed by atoms with Crippen LogP contribution in [0.4, 0.5) is 0 Å². The number of nitrogens with zero attached hydrogens (tertiary/aromatic N) is 4. The van der Waals surface area contributed by atoms with Crippen molar-refractivity contribution in [1.29, 1.82) is 0 Å². The van der Waals surface area contributed by atoms with Crippen molar-refractivity contribution in [1.82, 2.24) is 24.8 Å². The zero-order chi connectivity index (χ0) is 17.4. The van der Waals surface area contributed by atoms with Gasteiger partial charge in [-0.15, -0.1) is 11.3 Å². The van der Waals surface area contributed by atoms with Crippen molar-refractivity contribution in [2.75, 3.05) is 20.1 Å². The van der Waals surface area contributed by atoms with Crippen molar-refractivity contribution in [3.05, 3.63) is 35.5 Å². The molecular weight excluding hydrogens is 334 g/mol. The summed E-state index contributed by atoms with van der Waals surface area (Å²) in [4.78, 5) is 24.9. The Bertz CT molecular complexity index is 909. The Morgan fingerprint density at radius 1 is 1.44 bits per heavy atom. The molecule has 130 valence electrons. The van der Waals surface area contributed by atoms with E-state index in [1.807, 2.05) is 53.2 Å². The van der Waals surface area contributed by atoms with Gasteiger partial charge >= 0.3 is 0 Å². The first kappa shape index (κ1) is 16.2. The molecule has 1 amide bonds. The van der Waals surface area contributed by atoms with E-state index in [0.29, 0.717) is 6.54 Å². The minimum Gasteiger partial charge on any atom is -0.340 e. The first-order valence-electron chi connectivity index (χ1n) is 8.47. The number of carbonyl (C=O) groups excluding carboxylic acids is 1. The van der Waals surface area contributed by atoms with Gasteiger partial charge in [0.2, 0.25) is 5.91 Å². The van der Waals surface area contributed by atoms with E-state index in [0.717, 1.165) is 46.9 Å². The Morgan fingerprint density at radius 3 is 3.00 bits per heavy atom. The molecule has 7 heteroatoms. The van der Waals surface area contributed by atoms with Crippen LogP contribution in [0.25, 0.3) is 21.7 Å². The van der Waals surface area contributed by atoms with Crippen molar-refractivity contribution in [2.45, 2.75) is 25.9 Å². The Balaban J connectivity index is 1.72. The third-order valence-corrected chi connectivity index (χ3v) is 5.80. The summed E-state index contributed by atoms with van der Waals surface area (Å²) in [6, 6.07) is 8.24. The van der Waals surface area contributed by atoms with Crippen LogP contribution in [-0.4, -0.2) is 51.5 Å². The monoisotopic (exact) mass is 355 g/mol. The Labute approximate surface area is 150 Å². The minimum atomic E-state index is 0.111. The maximum absolute atomic E-state index is 12.9. The van der Waals surface area contributed by atoms with E-state index in [9.17, 15) is 4.79 Å². The molecule has 0 aliphatic carbocycles. The number of likely N-dealkylation sites (N-methyl/N-ethyl adjacent to an activating group) is 1. The van der Waals surface area contributed by atoms with Gasteiger partial charge in [-0.1, -0.05) is 12.1 Å². The summed E-state index contributed by atoms with van der Waals surface area (Å²) in [6.45, 7) is 4.11. The summed E-state index contributed by atoms with van der Waals surface area (Å²) < 4.78 is 2.02. The highest BCUT2D eigenvalue weighted by atomic mass is 32.1. The van der Waals surface area contributed by atoms with E-state index in [1.165, 1.54) is 0 Å². The SMILES string of the molecule is Cc1ncsc1-c1nc2ccccc2n1CC(=O)N(C)[C@H]1CCNC1. The van der Waals surface area contributed by atoms with Crippen LogP contribution in [-0.2, 0) is 11.3 Å².